The number of nitrogens with zero attached hydrogens (tertiary/aromatic N) is 2. The van der Waals surface area contributed by atoms with Gasteiger partial charge < -0.3 is 14.2 Å². The Morgan fingerprint density at radius 1 is 0.897 bits per heavy atom. The summed E-state index contributed by atoms with van der Waals surface area (Å²) in [6.07, 6.45) is 0.810. The van der Waals surface area contributed by atoms with Gasteiger partial charge in [0.2, 0.25) is 11.7 Å². The normalized spacial score (nSPS) is 13.4. The Labute approximate surface area is 178 Å². The lowest BCUT2D eigenvalue weighted by Crippen LogP contribution is -2.45. The highest BCUT2D eigenvalue weighted by atomic mass is 79.9. The minimum Gasteiger partial charge on any atom is -0.493 e. The van der Waals surface area contributed by atoms with Gasteiger partial charge in [-0.2, -0.15) is 0 Å². The number of carbonyl (C=O) groups is 2. The highest BCUT2D eigenvalue weighted by Gasteiger charge is 2.32. The molecule has 0 aromatic heterocycles. The number of carbonyl (C=O) groups excluding carboxylic acids is 2. The molecule has 154 valence electrons. The number of methoxy groups -OCH3 is 3. The second-order valence-electron chi connectivity index (χ2n) is 6.48. The van der Waals surface area contributed by atoms with Crippen LogP contribution in [-0.2, 0) is 11.2 Å². The average molecular weight is 463 g/mol. The van der Waals surface area contributed by atoms with Crippen molar-refractivity contribution < 1.29 is 23.8 Å². The molecule has 2 amide bonds. The maximum atomic E-state index is 13.0. The molecule has 2 aromatic rings. The fourth-order valence-electron chi connectivity index (χ4n) is 3.38. The highest BCUT2D eigenvalue weighted by molar-refractivity contribution is 9.10. The highest BCUT2D eigenvalue weighted by Crippen LogP contribution is 2.40. The van der Waals surface area contributed by atoms with Crippen molar-refractivity contribution in [2.45, 2.75) is 12.8 Å². The van der Waals surface area contributed by atoms with Gasteiger partial charge in [0.15, 0.2) is 11.5 Å². The molecule has 1 fully saturated rings. The van der Waals surface area contributed by atoms with E-state index >= 15 is 0 Å². The first kappa shape index (κ1) is 21.0. The second kappa shape index (κ2) is 9.17. The quantitative estimate of drug-likeness (QED) is 0.658. The van der Waals surface area contributed by atoms with Crippen molar-refractivity contribution >= 4 is 27.7 Å². The number of benzene rings is 2. The van der Waals surface area contributed by atoms with E-state index in [1.54, 1.807) is 24.3 Å². The van der Waals surface area contributed by atoms with Crippen LogP contribution in [-0.4, -0.2) is 56.3 Å². The van der Waals surface area contributed by atoms with E-state index in [1.165, 1.54) is 31.3 Å². The van der Waals surface area contributed by atoms with E-state index in [4.69, 9.17) is 14.2 Å². The van der Waals surface area contributed by atoms with E-state index in [2.05, 4.69) is 15.9 Å². The number of rotatable bonds is 6. The van der Waals surface area contributed by atoms with Gasteiger partial charge in [-0.1, -0.05) is 22.0 Å². The Bertz CT molecular complexity index is 901. The fraction of sp³-hybridized carbons (Fsp3) is 0.333. The summed E-state index contributed by atoms with van der Waals surface area (Å²) < 4.78 is 17.0. The Hall–Kier alpha value is -2.74. The minimum absolute atomic E-state index is 0.0770. The third kappa shape index (κ3) is 4.32. The van der Waals surface area contributed by atoms with Crippen LogP contribution in [0.4, 0.5) is 0 Å². The van der Waals surface area contributed by atoms with Crippen molar-refractivity contribution in [3.63, 3.8) is 0 Å². The second-order valence-corrected chi connectivity index (χ2v) is 7.39. The summed E-state index contributed by atoms with van der Waals surface area (Å²) in [4.78, 5) is 25.9. The number of halogens is 1. The lowest BCUT2D eigenvalue weighted by Gasteiger charge is -2.28. The summed E-state index contributed by atoms with van der Waals surface area (Å²) >= 11 is 3.37. The monoisotopic (exact) mass is 462 g/mol. The van der Waals surface area contributed by atoms with Crippen LogP contribution in [0.15, 0.2) is 40.9 Å². The SMILES string of the molecule is COc1ccc(CC(=O)N2CCCN2C(=O)c2ccc(Br)cc2)c(OC)c1OC. The summed E-state index contributed by atoms with van der Waals surface area (Å²) in [5.41, 5.74) is 1.20. The molecule has 0 aliphatic carbocycles. The van der Waals surface area contributed by atoms with Gasteiger partial charge in [-0.15, -0.1) is 0 Å². The van der Waals surface area contributed by atoms with E-state index in [-0.39, 0.29) is 18.2 Å². The summed E-state index contributed by atoms with van der Waals surface area (Å²) in [5, 5.41) is 3.03. The molecule has 0 unspecified atom stereocenters. The lowest BCUT2D eigenvalue weighted by molar-refractivity contribution is -0.139. The van der Waals surface area contributed by atoms with Gasteiger partial charge in [-0.25, -0.2) is 5.01 Å². The molecule has 7 nitrogen and oxygen atoms in total. The molecule has 2 aromatic carbocycles. The third-order valence-corrected chi connectivity index (χ3v) is 5.30. The van der Waals surface area contributed by atoms with Gasteiger partial charge in [0.25, 0.3) is 5.91 Å². The zero-order valence-corrected chi connectivity index (χ0v) is 18.2. The average Bonchev–Trinajstić information content (AvgIpc) is 3.23. The van der Waals surface area contributed by atoms with E-state index in [1.807, 2.05) is 12.1 Å². The van der Waals surface area contributed by atoms with Gasteiger partial charge in [0.1, 0.15) is 0 Å². The van der Waals surface area contributed by atoms with Crippen molar-refractivity contribution in [2.24, 2.45) is 0 Å². The lowest BCUT2D eigenvalue weighted by atomic mass is 10.1. The molecule has 1 aliphatic heterocycles. The molecule has 29 heavy (non-hydrogen) atoms. The molecule has 0 atom stereocenters. The predicted molar refractivity (Wildman–Crippen MR) is 111 cm³/mol. The van der Waals surface area contributed by atoms with Crippen LogP contribution in [0.5, 0.6) is 17.2 Å². The molecule has 0 N–H and O–H groups in total. The maximum Gasteiger partial charge on any atom is 0.272 e. The Balaban J connectivity index is 1.81. The molecule has 0 saturated carbocycles. The van der Waals surface area contributed by atoms with Crippen LogP contribution in [0, 0.1) is 0 Å². The van der Waals surface area contributed by atoms with Crippen LogP contribution in [0.1, 0.15) is 22.3 Å². The van der Waals surface area contributed by atoms with E-state index in [0.717, 1.165) is 10.9 Å². The van der Waals surface area contributed by atoms with Crippen molar-refractivity contribution in [2.75, 3.05) is 34.4 Å². The number of amides is 2. The third-order valence-electron chi connectivity index (χ3n) is 4.77. The molecule has 0 radical (unpaired) electrons. The summed E-state index contributed by atoms with van der Waals surface area (Å²) in [5.74, 6) is 1.03. The first-order valence-corrected chi connectivity index (χ1v) is 9.95. The van der Waals surface area contributed by atoms with Crippen molar-refractivity contribution in [1.82, 2.24) is 10.0 Å². The van der Waals surface area contributed by atoms with Crippen LogP contribution in [0.25, 0.3) is 0 Å². The molecule has 3 rings (SSSR count). The van der Waals surface area contributed by atoms with Gasteiger partial charge in [0.05, 0.1) is 27.8 Å². The molecule has 1 aliphatic rings. The molecule has 1 saturated heterocycles. The van der Waals surface area contributed by atoms with Crippen LogP contribution in [0.3, 0.4) is 0 Å². The molecule has 8 heteroatoms. The molecule has 1 heterocycles. The Kier molecular flexibility index (Phi) is 6.64. The van der Waals surface area contributed by atoms with Crippen LogP contribution < -0.4 is 14.2 Å². The molecule has 0 bridgehead atoms. The predicted octanol–water partition coefficient (Wildman–Crippen LogP) is 3.31. The fourth-order valence-corrected chi connectivity index (χ4v) is 3.64. The summed E-state index contributed by atoms with van der Waals surface area (Å²) in [6.45, 7) is 1.00. The summed E-state index contributed by atoms with van der Waals surface area (Å²) in [7, 11) is 4.58. The van der Waals surface area contributed by atoms with Crippen molar-refractivity contribution in [3.8, 4) is 17.2 Å². The maximum absolute atomic E-state index is 13.0. The molecule has 0 spiro atoms. The first-order valence-electron chi connectivity index (χ1n) is 9.15. The van der Waals surface area contributed by atoms with Gasteiger partial charge >= 0.3 is 0 Å². The van der Waals surface area contributed by atoms with Gasteiger partial charge in [-0.05, 0) is 36.8 Å². The van der Waals surface area contributed by atoms with E-state index in [0.29, 0.717) is 41.5 Å². The zero-order valence-electron chi connectivity index (χ0n) is 16.6. The first-order chi connectivity index (χ1) is 14.0. The summed E-state index contributed by atoms with van der Waals surface area (Å²) in [6, 6.07) is 10.6. The van der Waals surface area contributed by atoms with Gasteiger partial charge in [0, 0.05) is 28.7 Å². The zero-order chi connectivity index (χ0) is 21.0. The molecular weight excluding hydrogens is 440 g/mol. The minimum atomic E-state index is -0.192. The number of hydrazine groups is 1. The van der Waals surface area contributed by atoms with Crippen LogP contribution in [0.2, 0.25) is 0 Å². The standard InChI is InChI=1S/C21H23BrN2O5/c1-27-17-10-7-15(19(28-2)20(17)29-3)13-18(25)23-11-4-12-24(23)21(26)14-5-8-16(22)9-6-14/h5-10H,4,11-13H2,1-3H3. The van der Waals surface area contributed by atoms with Gasteiger partial charge in [-0.3, -0.25) is 14.6 Å². The Morgan fingerprint density at radius 2 is 1.55 bits per heavy atom. The number of hydrogen-bond acceptors (Lipinski definition) is 5. The van der Waals surface area contributed by atoms with Crippen molar-refractivity contribution in [3.05, 3.63) is 52.0 Å². The number of hydrogen-bond donors (Lipinski definition) is 0. The topological polar surface area (TPSA) is 68.3 Å². The smallest absolute Gasteiger partial charge is 0.272 e. The Morgan fingerprint density at radius 3 is 2.17 bits per heavy atom. The van der Waals surface area contributed by atoms with Crippen molar-refractivity contribution in [1.29, 1.82) is 0 Å². The van der Waals surface area contributed by atoms with E-state index in [9.17, 15) is 9.59 Å². The van der Waals surface area contributed by atoms with Crippen LogP contribution >= 0.6 is 15.9 Å². The number of ether oxygens (including phenoxy) is 3. The van der Waals surface area contributed by atoms with E-state index < -0.39 is 0 Å². The molecular formula is C21H23BrN2O5. The largest absolute Gasteiger partial charge is 0.493 e.